The monoisotopic (exact) mass is 854 g/mol. The molecule has 0 bridgehead atoms. The molecule has 6 nitrogen and oxygen atoms in total. The van der Waals surface area contributed by atoms with Crippen LogP contribution in [0.15, 0.2) is 35.4 Å². The number of unbranched alkanes of at least 4 members (excludes halogenated alkanes) is 14. The minimum absolute atomic E-state index is 0.0608. The van der Waals surface area contributed by atoms with Gasteiger partial charge < -0.3 is 9.80 Å². The van der Waals surface area contributed by atoms with Gasteiger partial charge in [-0.1, -0.05) is 104 Å². The summed E-state index contributed by atoms with van der Waals surface area (Å²) in [6, 6.07) is 12.9. The second-order valence-corrected chi connectivity index (χ2v) is 21.3. The molecule has 0 radical (unpaired) electrons. The number of amides is 2. The molecule has 0 saturated carbocycles. The maximum atomic E-state index is 15.0. The van der Waals surface area contributed by atoms with Gasteiger partial charge in [0.15, 0.2) is 0 Å². The standard InChI is InChI=1S/C44H46N4O2S6/c1-3-5-7-9-11-13-15-17-19-47-37(29-23-33-41(55-29)39-31(53-33)21-27(25-45)51-39)35-36(43(47)49)38(48(44(35)50)20-18-16-14-12-10-8-6-4-2)30-24-34-42(56-30)40-32(54-34)22-28(26-46)52-40/h21-24H,3-20H2,1-2H3. The minimum Gasteiger partial charge on any atom is -0.306 e. The molecule has 2 aliphatic rings. The number of thiophene rings is 6. The third-order valence-electron chi connectivity index (χ3n) is 11.0. The Morgan fingerprint density at radius 1 is 0.464 bits per heavy atom. The van der Waals surface area contributed by atoms with E-state index in [1.165, 1.54) is 86.9 Å². The van der Waals surface area contributed by atoms with Crippen LogP contribution in [-0.4, -0.2) is 34.7 Å². The highest BCUT2D eigenvalue weighted by molar-refractivity contribution is 7.39. The first-order valence-electron chi connectivity index (χ1n) is 20.3. The zero-order chi connectivity index (χ0) is 38.8. The van der Waals surface area contributed by atoms with Gasteiger partial charge in [0, 0.05) is 31.9 Å². The summed E-state index contributed by atoms with van der Waals surface area (Å²) in [7, 11) is 0. The van der Waals surface area contributed by atoms with Gasteiger partial charge in [0.1, 0.15) is 21.9 Å². The molecule has 0 N–H and O–H groups in total. The SMILES string of the molecule is CCCCCCCCCCN1C(=O)C2=C(c3cc4sc5cc(C#N)sc5c4s3)N(CCCCCCCCCC)C(=O)C2=C1c1cc2sc3cc(C#N)sc3c2s1. The largest absolute Gasteiger partial charge is 0.306 e. The highest BCUT2D eigenvalue weighted by Gasteiger charge is 2.49. The molecular weight excluding hydrogens is 809 g/mol. The van der Waals surface area contributed by atoms with E-state index in [0.717, 1.165) is 97.3 Å². The maximum Gasteiger partial charge on any atom is 0.261 e. The Labute approximate surface area is 353 Å². The van der Waals surface area contributed by atoms with Crippen LogP contribution in [-0.2, 0) is 9.59 Å². The summed E-state index contributed by atoms with van der Waals surface area (Å²) in [6.45, 7) is 5.66. The van der Waals surface area contributed by atoms with E-state index in [4.69, 9.17) is 0 Å². The predicted molar refractivity (Wildman–Crippen MR) is 242 cm³/mol. The third kappa shape index (κ3) is 7.54. The molecule has 0 spiro atoms. The van der Waals surface area contributed by atoms with Gasteiger partial charge in [-0.05, 0) is 37.1 Å². The normalized spacial score (nSPS) is 14.6. The van der Waals surface area contributed by atoms with E-state index in [1.54, 1.807) is 45.3 Å². The highest BCUT2D eigenvalue weighted by Crippen LogP contribution is 2.53. The fourth-order valence-corrected chi connectivity index (χ4v) is 15.9. The van der Waals surface area contributed by atoms with Crippen LogP contribution in [0.4, 0.5) is 0 Å². The molecule has 0 atom stereocenters. The maximum absolute atomic E-state index is 15.0. The van der Waals surface area contributed by atoms with E-state index in [-0.39, 0.29) is 11.8 Å². The fourth-order valence-electron chi connectivity index (χ4n) is 8.16. The number of carbonyl (C=O) groups excluding carboxylic acids is 2. The average Bonchev–Trinajstić information content (AvgIpc) is 4.06. The van der Waals surface area contributed by atoms with Crippen LogP contribution in [0.2, 0.25) is 0 Å². The van der Waals surface area contributed by atoms with Crippen molar-refractivity contribution in [2.75, 3.05) is 13.1 Å². The summed E-state index contributed by atoms with van der Waals surface area (Å²) < 4.78 is 9.00. The molecule has 6 aromatic heterocycles. The Bertz CT molecular complexity index is 2390. The highest BCUT2D eigenvalue weighted by atomic mass is 32.1. The number of nitriles is 2. The number of rotatable bonds is 20. The lowest BCUT2D eigenvalue weighted by atomic mass is 10.1. The Morgan fingerprint density at radius 2 is 0.804 bits per heavy atom. The lowest BCUT2D eigenvalue weighted by Gasteiger charge is -2.24. The topological polar surface area (TPSA) is 88.2 Å². The smallest absolute Gasteiger partial charge is 0.261 e. The third-order valence-corrected chi connectivity index (χ3v) is 18.4. The van der Waals surface area contributed by atoms with Gasteiger partial charge in [-0.25, -0.2) is 0 Å². The van der Waals surface area contributed by atoms with Gasteiger partial charge in [0.05, 0.1) is 51.1 Å². The van der Waals surface area contributed by atoms with Crippen molar-refractivity contribution in [2.24, 2.45) is 0 Å². The Hall–Kier alpha value is -3.36. The first-order chi connectivity index (χ1) is 27.4. The van der Waals surface area contributed by atoms with Crippen LogP contribution in [0, 0.1) is 22.7 Å². The summed E-state index contributed by atoms with van der Waals surface area (Å²) in [5.74, 6) is -0.122. The molecule has 8 rings (SSSR count). The molecule has 0 aliphatic carbocycles. The molecule has 8 heterocycles. The molecular formula is C44H46N4O2S6. The summed E-state index contributed by atoms with van der Waals surface area (Å²) in [6.07, 6.45) is 18.8. The second-order valence-electron chi connectivity index (χ2n) is 15.0. The van der Waals surface area contributed by atoms with E-state index in [0.29, 0.717) is 34.0 Å². The zero-order valence-electron chi connectivity index (χ0n) is 32.1. The van der Waals surface area contributed by atoms with Crippen molar-refractivity contribution in [1.29, 1.82) is 10.5 Å². The van der Waals surface area contributed by atoms with Gasteiger partial charge in [0.25, 0.3) is 11.8 Å². The van der Waals surface area contributed by atoms with Gasteiger partial charge in [-0.15, -0.1) is 68.0 Å². The van der Waals surface area contributed by atoms with Crippen molar-refractivity contribution < 1.29 is 9.59 Å². The van der Waals surface area contributed by atoms with Gasteiger partial charge in [0.2, 0.25) is 0 Å². The Kier molecular flexibility index (Phi) is 12.4. The molecule has 56 heavy (non-hydrogen) atoms. The molecule has 2 aliphatic heterocycles. The van der Waals surface area contributed by atoms with Crippen molar-refractivity contribution in [3.63, 3.8) is 0 Å². The lowest BCUT2D eigenvalue weighted by molar-refractivity contribution is -0.124. The molecule has 0 saturated heterocycles. The van der Waals surface area contributed by atoms with E-state index in [1.807, 2.05) is 21.9 Å². The van der Waals surface area contributed by atoms with Crippen molar-refractivity contribution in [3.05, 3.63) is 54.9 Å². The van der Waals surface area contributed by atoms with Crippen LogP contribution >= 0.6 is 68.0 Å². The summed E-state index contributed by atoms with van der Waals surface area (Å²) in [5, 5.41) is 19.2. The van der Waals surface area contributed by atoms with Gasteiger partial charge in [-0.3, -0.25) is 9.59 Å². The first kappa shape index (κ1) is 39.5. The van der Waals surface area contributed by atoms with E-state index >= 15 is 0 Å². The van der Waals surface area contributed by atoms with Crippen molar-refractivity contribution in [1.82, 2.24) is 9.80 Å². The minimum atomic E-state index is -0.0608. The van der Waals surface area contributed by atoms with E-state index in [9.17, 15) is 20.1 Å². The summed E-state index contributed by atoms with van der Waals surface area (Å²) in [5.41, 5.74) is 2.65. The number of fused-ring (bicyclic) bond motifs is 7. The number of hydrogen-bond donors (Lipinski definition) is 0. The van der Waals surface area contributed by atoms with E-state index < -0.39 is 0 Å². The predicted octanol–water partition coefficient (Wildman–Crippen LogP) is 14.5. The average molecular weight is 855 g/mol. The van der Waals surface area contributed by atoms with Crippen molar-refractivity contribution in [3.8, 4) is 12.1 Å². The second kappa shape index (κ2) is 17.6. The molecule has 0 aromatic carbocycles. The number of hydrogen-bond acceptors (Lipinski definition) is 10. The van der Waals surface area contributed by atoms with Crippen molar-refractivity contribution >= 4 is 129 Å². The molecule has 290 valence electrons. The summed E-state index contributed by atoms with van der Waals surface area (Å²) in [4.78, 5) is 37.2. The number of carbonyl (C=O) groups is 2. The summed E-state index contributed by atoms with van der Waals surface area (Å²) >= 11 is 9.72. The number of nitrogens with zero attached hydrogens (tertiary/aromatic N) is 4. The lowest BCUT2D eigenvalue weighted by Crippen LogP contribution is -2.30. The molecule has 12 heteroatoms. The van der Waals surface area contributed by atoms with Crippen LogP contribution in [0.5, 0.6) is 0 Å². The molecule has 2 amide bonds. The first-order valence-corrected chi connectivity index (χ1v) is 25.2. The molecule has 0 fully saturated rings. The van der Waals surface area contributed by atoms with Crippen LogP contribution < -0.4 is 0 Å². The van der Waals surface area contributed by atoms with Crippen LogP contribution in [0.25, 0.3) is 49.0 Å². The Morgan fingerprint density at radius 3 is 1.18 bits per heavy atom. The van der Waals surface area contributed by atoms with Crippen molar-refractivity contribution in [2.45, 2.75) is 117 Å². The molecule has 0 unspecified atom stereocenters. The molecule has 6 aromatic rings. The van der Waals surface area contributed by atoms with Gasteiger partial charge >= 0.3 is 0 Å². The fraction of sp³-hybridized carbons (Fsp3) is 0.455. The zero-order valence-corrected chi connectivity index (χ0v) is 37.0. The van der Waals surface area contributed by atoms with E-state index in [2.05, 4.69) is 38.1 Å². The quantitative estimate of drug-likeness (QED) is 0.0716. The van der Waals surface area contributed by atoms with Crippen LogP contribution in [0.3, 0.4) is 0 Å². The van der Waals surface area contributed by atoms with Gasteiger partial charge in [-0.2, -0.15) is 10.5 Å². The Balaban J connectivity index is 1.17. The van der Waals surface area contributed by atoms with Crippen LogP contribution in [0.1, 0.15) is 136 Å².